The van der Waals surface area contributed by atoms with Crippen molar-refractivity contribution in [1.82, 2.24) is 0 Å². The van der Waals surface area contributed by atoms with Crippen molar-refractivity contribution in [3.8, 4) is 5.75 Å². The first-order valence-corrected chi connectivity index (χ1v) is 6.04. The second-order valence-electron chi connectivity index (χ2n) is 5.03. The molecule has 0 aliphatic carbocycles. The van der Waals surface area contributed by atoms with Crippen molar-refractivity contribution < 1.29 is 9.53 Å². The molecular weight excluding hydrogens is 228 g/mol. The van der Waals surface area contributed by atoms with Gasteiger partial charge in [0.15, 0.2) is 0 Å². The third kappa shape index (κ3) is 3.23. The fraction of sp³-hybridized carbons (Fsp3) is 0.500. The van der Waals surface area contributed by atoms with Gasteiger partial charge in [-0.1, -0.05) is 12.1 Å². The van der Waals surface area contributed by atoms with E-state index in [1.54, 1.807) is 6.92 Å². The molecule has 0 heterocycles. The molecule has 0 spiro atoms. The topological polar surface area (TPSA) is 78.3 Å². The number of aryl methyl sites for hydroxylation is 2. The molecule has 1 rings (SSSR count). The number of rotatable bonds is 5. The van der Waals surface area contributed by atoms with E-state index in [1.807, 2.05) is 26.8 Å². The number of carbonyl (C=O) groups excluding carboxylic acids is 1. The van der Waals surface area contributed by atoms with Gasteiger partial charge in [0.2, 0.25) is 5.91 Å². The Morgan fingerprint density at radius 3 is 2.39 bits per heavy atom. The third-order valence-corrected chi connectivity index (χ3v) is 3.30. The van der Waals surface area contributed by atoms with Crippen LogP contribution in [0.2, 0.25) is 0 Å². The SMILES string of the molecule is Cc1ccc(C)c(OCCC(C)(N)C(N)=O)c1C. The lowest BCUT2D eigenvalue weighted by Crippen LogP contribution is -2.50. The van der Waals surface area contributed by atoms with Crippen molar-refractivity contribution in [2.24, 2.45) is 11.5 Å². The van der Waals surface area contributed by atoms with Gasteiger partial charge in [-0.25, -0.2) is 0 Å². The predicted octanol–water partition coefficient (Wildman–Crippen LogP) is 1.58. The van der Waals surface area contributed by atoms with E-state index in [-0.39, 0.29) is 0 Å². The fourth-order valence-electron chi connectivity index (χ4n) is 1.64. The van der Waals surface area contributed by atoms with Crippen LogP contribution in [0.5, 0.6) is 5.75 Å². The Balaban J connectivity index is 2.71. The second kappa shape index (κ2) is 5.40. The molecule has 4 N–H and O–H groups in total. The van der Waals surface area contributed by atoms with Gasteiger partial charge in [-0.3, -0.25) is 4.79 Å². The van der Waals surface area contributed by atoms with Crippen molar-refractivity contribution in [3.05, 3.63) is 28.8 Å². The molecule has 4 nitrogen and oxygen atoms in total. The molecule has 1 unspecified atom stereocenters. The van der Waals surface area contributed by atoms with Crippen molar-refractivity contribution in [2.75, 3.05) is 6.61 Å². The Bertz CT molecular complexity index is 453. The summed E-state index contributed by atoms with van der Waals surface area (Å²) in [5, 5.41) is 0. The Labute approximate surface area is 108 Å². The summed E-state index contributed by atoms with van der Waals surface area (Å²) < 4.78 is 5.75. The number of ether oxygens (including phenoxy) is 1. The smallest absolute Gasteiger partial charge is 0.237 e. The molecule has 0 radical (unpaired) electrons. The molecule has 0 fully saturated rings. The molecule has 0 saturated heterocycles. The summed E-state index contributed by atoms with van der Waals surface area (Å²) in [5.74, 6) is 0.360. The van der Waals surface area contributed by atoms with E-state index in [0.717, 1.165) is 16.9 Å². The molecule has 4 heteroatoms. The summed E-state index contributed by atoms with van der Waals surface area (Å²) in [6, 6.07) is 4.08. The van der Waals surface area contributed by atoms with Crippen molar-refractivity contribution in [2.45, 2.75) is 39.7 Å². The van der Waals surface area contributed by atoms with Crippen LogP contribution in [-0.2, 0) is 4.79 Å². The summed E-state index contributed by atoms with van der Waals surface area (Å²) in [5.41, 5.74) is 13.3. The van der Waals surface area contributed by atoms with Gasteiger partial charge in [0.25, 0.3) is 0 Å². The third-order valence-electron chi connectivity index (χ3n) is 3.30. The van der Waals surface area contributed by atoms with E-state index in [0.29, 0.717) is 13.0 Å². The van der Waals surface area contributed by atoms with E-state index < -0.39 is 11.4 Å². The first kappa shape index (κ1) is 14.5. The Morgan fingerprint density at radius 1 is 1.28 bits per heavy atom. The Kier molecular flexibility index (Phi) is 4.35. The summed E-state index contributed by atoms with van der Waals surface area (Å²) >= 11 is 0. The quantitative estimate of drug-likeness (QED) is 0.832. The molecular formula is C14H22N2O2. The summed E-state index contributed by atoms with van der Waals surface area (Å²) in [4.78, 5) is 11.1. The first-order chi connectivity index (χ1) is 8.25. The fourth-order valence-corrected chi connectivity index (χ4v) is 1.64. The van der Waals surface area contributed by atoms with E-state index in [1.165, 1.54) is 5.56 Å². The molecule has 18 heavy (non-hydrogen) atoms. The second-order valence-corrected chi connectivity index (χ2v) is 5.03. The van der Waals surface area contributed by atoms with Gasteiger partial charge >= 0.3 is 0 Å². The van der Waals surface area contributed by atoms with Gasteiger partial charge in [0.05, 0.1) is 12.1 Å². The Morgan fingerprint density at radius 2 is 1.83 bits per heavy atom. The highest BCUT2D eigenvalue weighted by Gasteiger charge is 2.25. The van der Waals surface area contributed by atoms with Crippen molar-refractivity contribution in [1.29, 1.82) is 0 Å². The van der Waals surface area contributed by atoms with Gasteiger partial charge in [-0.2, -0.15) is 0 Å². The summed E-state index contributed by atoms with van der Waals surface area (Å²) in [6.07, 6.45) is 0.398. The van der Waals surface area contributed by atoms with Crippen molar-refractivity contribution >= 4 is 5.91 Å². The van der Waals surface area contributed by atoms with Gasteiger partial charge in [0, 0.05) is 6.42 Å². The summed E-state index contributed by atoms with van der Waals surface area (Å²) in [7, 11) is 0. The van der Waals surface area contributed by atoms with E-state index >= 15 is 0 Å². The number of carbonyl (C=O) groups is 1. The van der Waals surface area contributed by atoms with Crippen molar-refractivity contribution in [3.63, 3.8) is 0 Å². The van der Waals surface area contributed by atoms with Gasteiger partial charge in [-0.05, 0) is 44.4 Å². The number of primary amides is 1. The standard InChI is InChI=1S/C14H22N2O2/c1-9-5-6-10(2)12(11(9)3)18-8-7-14(4,16)13(15)17/h5-6H,7-8,16H2,1-4H3,(H2,15,17). The Hall–Kier alpha value is -1.55. The zero-order valence-electron chi connectivity index (χ0n) is 11.5. The molecule has 0 aromatic heterocycles. The van der Waals surface area contributed by atoms with E-state index in [4.69, 9.17) is 16.2 Å². The first-order valence-electron chi connectivity index (χ1n) is 6.04. The van der Waals surface area contributed by atoms with Gasteiger partial charge in [0.1, 0.15) is 5.75 Å². The zero-order chi connectivity index (χ0) is 13.9. The average Bonchev–Trinajstić information content (AvgIpc) is 2.28. The van der Waals surface area contributed by atoms with Gasteiger partial charge in [-0.15, -0.1) is 0 Å². The monoisotopic (exact) mass is 250 g/mol. The van der Waals surface area contributed by atoms with Crippen LogP contribution in [0.4, 0.5) is 0 Å². The highest BCUT2D eigenvalue weighted by Crippen LogP contribution is 2.26. The maximum atomic E-state index is 11.1. The predicted molar refractivity (Wildman–Crippen MR) is 72.6 cm³/mol. The highest BCUT2D eigenvalue weighted by molar-refractivity contribution is 5.83. The van der Waals surface area contributed by atoms with Crippen LogP contribution in [-0.4, -0.2) is 18.1 Å². The maximum Gasteiger partial charge on any atom is 0.237 e. The minimum absolute atomic E-state index is 0.376. The number of nitrogens with two attached hydrogens (primary N) is 2. The highest BCUT2D eigenvalue weighted by atomic mass is 16.5. The van der Waals surface area contributed by atoms with Crippen LogP contribution in [0.25, 0.3) is 0 Å². The molecule has 1 aromatic rings. The molecule has 1 amide bonds. The lowest BCUT2D eigenvalue weighted by atomic mass is 9.99. The van der Waals surface area contributed by atoms with E-state index in [2.05, 4.69) is 6.07 Å². The lowest BCUT2D eigenvalue weighted by molar-refractivity contribution is -0.123. The normalized spacial score (nSPS) is 14.1. The number of amides is 1. The largest absolute Gasteiger partial charge is 0.493 e. The number of hydrogen-bond donors (Lipinski definition) is 2. The van der Waals surface area contributed by atoms with Crippen LogP contribution >= 0.6 is 0 Å². The molecule has 0 aliphatic heterocycles. The van der Waals surface area contributed by atoms with Crippen LogP contribution in [0.3, 0.4) is 0 Å². The molecule has 1 aromatic carbocycles. The molecule has 0 bridgehead atoms. The van der Waals surface area contributed by atoms with Crippen LogP contribution in [0, 0.1) is 20.8 Å². The van der Waals surface area contributed by atoms with E-state index in [9.17, 15) is 4.79 Å². The molecule has 0 saturated carbocycles. The maximum absolute atomic E-state index is 11.1. The van der Waals surface area contributed by atoms with Gasteiger partial charge < -0.3 is 16.2 Å². The summed E-state index contributed by atoms with van der Waals surface area (Å²) in [6.45, 7) is 8.05. The average molecular weight is 250 g/mol. The number of hydrogen-bond acceptors (Lipinski definition) is 3. The minimum atomic E-state index is -1.02. The van der Waals surface area contributed by atoms with Crippen LogP contribution in [0.1, 0.15) is 30.0 Å². The number of benzene rings is 1. The van der Waals surface area contributed by atoms with Crippen LogP contribution < -0.4 is 16.2 Å². The lowest BCUT2D eigenvalue weighted by Gasteiger charge is -2.21. The minimum Gasteiger partial charge on any atom is -0.493 e. The molecule has 0 aliphatic rings. The zero-order valence-corrected chi connectivity index (χ0v) is 11.5. The molecule has 100 valence electrons. The van der Waals surface area contributed by atoms with Crippen LogP contribution in [0.15, 0.2) is 12.1 Å². The molecule has 1 atom stereocenters.